The fourth-order valence-corrected chi connectivity index (χ4v) is 4.24. The lowest BCUT2D eigenvalue weighted by Crippen LogP contribution is -2.52. The molecule has 0 aliphatic carbocycles. The summed E-state index contributed by atoms with van der Waals surface area (Å²) < 4.78 is 0.960. The van der Waals surface area contributed by atoms with Gasteiger partial charge in [0.05, 0.1) is 0 Å². The predicted octanol–water partition coefficient (Wildman–Crippen LogP) is 4.30. The quantitative estimate of drug-likeness (QED) is 0.715. The monoisotopic (exact) mass is 467 g/mol. The number of benzene rings is 2. The van der Waals surface area contributed by atoms with Crippen LogP contribution in [0, 0.1) is 0 Å². The Morgan fingerprint density at radius 3 is 2.20 bits per heavy atom. The number of halogens is 1. The molecule has 2 aromatic carbocycles. The molecular weight excluding hydrogens is 442 g/mol. The van der Waals surface area contributed by atoms with Crippen molar-refractivity contribution in [3.05, 3.63) is 69.7 Å². The maximum absolute atomic E-state index is 12.9. The van der Waals surface area contributed by atoms with E-state index in [4.69, 9.17) is 4.99 Å². The van der Waals surface area contributed by atoms with Gasteiger partial charge in [0.1, 0.15) is 11.4 Å². The number of nitrogens with zero attached hydrogens (tertiary/aromatic N) is 2. The van der Waals surface area contributed by atoms with Crippen molar-refractivity contribution in [2.75, 3.05) is 13.1 Å². The van der Waals surface area contributed by atoms with Crippen molar-refractivity contribution in [1.82, 2.24) is 10.2 Å². The number of nitrogens with one attached hydrogen (secondary N) is 1. The van der Waals surface area contributed by atoms with E-state index in [0.29, 0.717) is 37.2 Å². The first-order valence-corrected chi connectivity index (χ1v) is 11.0. The Morgan fingerprint density at radius 1 is 1.03 bits per heavy atom. The van der Waals surface area contributed by atoms with Gasteiger partial charge in [-0.2, -0.15) is 0 Å². The normalized spacial score (nSPS) is 18.3. The van der Waals surface area contributed by atoms with Crippen LogP contribution in [0.3, 0.4) is 0 Å². The molecule has 1 fully saturated rings. The van der Waals surface area contributed by atoms with Crippen molar-refractivity contribution in [3.63, 3.8) is 0 Å². The fourth-order valence-electron chi connectivity index (χ4n) is 3.98. The summed E-state index contributed by atoms with van der Waals surface area (Å²) in [4.78, 5) is 32.1. The standard InChI is InChI=1S/C24H26BrN3O2/c1-23(2,3)18-8-4-17(5-9-18)22(30)28-14-12-24(13-15-28)26-20(21(29)27-24)16-6-10-19(25)11-7-16/h4-11H,12-15H2,1-3H3,(H,27,29). The van der Waals surface area contributed by atoms with E-state index in [1.54, 1.807) is 0 Å². The van der Waals surface area contributed by atoms with Gasteiger partial charge in [-0.1, -0.05) is 61.0 Å². The number of piperidine rings is 1. The lowest BCUT2D eigenvalue weighted by molar-refractivity contribution is -0.115. The summed E-state index contributed by atoms with van der Waals surface area (Å²) in [6, 6.07) is 15.5. The lowest BCUT2D eigenvalue weighted by Gasteiger charge is -2.37. The molecule has 0 radical (unpaired) electrons. The van der Waals surface area contributed by atoms with Gasteiger partial charge in [-0.05, 0) is 35.2 Å². The van der Waals surface area contributed by atoms with E-state index < -0.39 is 5.66 Å². The van der Waals surface area contributed by atoms with Gasteiger partial charge in [-0.3, -0.25) is 14.6 Å². The number of amides is 2. The predicted molar refractivity (Wildman–Crippen MR) is 122 cm³/mol. The molecule has 0 saturated carbocycles. The number of aliphatic imine (C=N–C) groups is 1. The maximum atomic E-state index is 12.9. The SMILES string of the molecule is CC(C)(C)c1ccc(C(=O)N2CCC3(CC2)N=C(c2ccc(Br)cc2)C(=O)N3)cc1. The number of carbonyl (C=O) groups excluding carboxylic acids is 2. The molecule has 0 unspecified atom stereocenters. The van der Waals surface area contributed by atoms with E-state index in [1.165, 1.54) is 5.56 Å². The highest BCUT2D eigenvalue weighted by molar-refractivity contribution is 9.10. The molecule has 2 heterocycles. The Bertz CT molecular complexity index is 996. The number of rotatable bonds is 2. The highest BCUT2D eigenvalue weighted by Crippen LogP contribution is 2.30. The Labute approximate surface area is 185 Å². The van der Waals surface area contributed by atoms with E-state index >= 15 is 0 Å². The van der Waals surface area contributed by atoms with Crippen LogP contribution in [0.5, 0.6) is 0 Å². The number of likely N-dealkylation sites (tertiary alicyclic amines) is 1. The zero-order valence-corrected chi connectivity index (χ0v) is 19.1. The van der Waals surface area contributed by atoms with Crippen molar-refractivity contribution >= 4 is 33.5 Å². The topological polar surface area (TPSA) is 61.8 Å². The van der Waals surface area contributed by atoms with Gasteiger partial charge in [0.2, 0.25) is 0 Å². The second-order valence-corrected chi connectivity index (χ2v) is 9.99. The summed E-state index contributed by atoms with van der Waals surface area (Å²) in [6.45, 7) is 7.61. The van der Waals surface area contributed by atoms with Crippen LogP contribution in [-0.2, 0) is 10.2 Å². The Hall–Kier alpha value is -2.47. The van der Waals surface area contributed by atoms with Crippen LogP contribution in [0.4, 0.5) is 0 Å². The van der Waals surface area contributed by atoms with Crippen molar-refractivity contribution in [1.29, 1.82) is 0 Å². The molecule has 1 spiro atoms. The average Bonchev–Trinajstić information content (AvgIpc) is 3.04. The maximum Gasteiger partial charge on any atom is 0.272 e. The highest BCUT2D eigenvalue weighted by atomic mass is 79.9. The van der Waals surface area contributed by atoms with Gasteiger partial charge in [-0.25, -0.2) is 0 Å². The third-order valence-corrected chi connectivity index (χ3v) is 6.41. The largest absolute Gasteiger partial charge is 0.338 e. The zero-order valence-electron chi connectivity index (χ0n) is 17.5. The van der Waals surface area contributed by atoms with E-state index in [1.807, 2.05) is 53.4 Å². The molecule has 6 heteroatoms. The van der Waals surface area contributed by atoms with Crippen molar-refractivity contribution < 1.29 is 9.59 Å². The summed E-state index contributed by atoms with van der Waals surface area (Å²) in [5.74, 6) is -0.110. The summed E-state index contributed by atoms with van der Waals surface area (Å²) in [5.41, 5.74) is 2.65. The number of hydrogen-bond acceptors (Lipinski definition) is 3. The molecule has 2 aliphatic rings. The minimum atomic E-state index is -0.605. The molecule has 0 atom stereocenters. The first-order valence-electron chi connectivity index (χ1n) is 10.3. The number of hydrogen-bond donors (Lipinski definition) is 1. The molecule has 4 rings (SSSR count). The van der Waals surface area contributed by atoms with Gasteiger partial charge in [0.15, 0.2) is 0 Å². The van der Waals surface area contributed by atoms with E-state index in [-0.39, 0.29) is 17.2 Å². The highest BCUT2D eigenvalue weighted by Gasteiger charge is 2.42. The van der Waals surface area contributed by atoms with Crippen molar-refractivity contribution in [2.45, 2.75) is 44.7 Å². The molecule has 30 heavy (non-hydrogen) atoms. The fraction of sp³-hybridized carbons (Fsp3) is 0.375. The lowest BCUT2D eigenvalue weighted by atomic mass is 9.86. The van der Waals surface area contributed by atoms with E-state index in [0.717, 1.165) is 10.0 Å². The summed E-state index contributed by atoms with van der Waals surface area (Å²) in [7, 11) is 0. The summed E-state index contributed by atoms with van der Waals surface area (Å²) in [6.07, 6.45) is 1.23. The first kappa shape index (κ1) is 20.8. The third-order valence-electron chi connectivity index (χ3n) is 5.88. The van der Waals surface area contributed by atoms with E-state index in [9.17, 15) is 9.59 Å². The molecule has 2 amide bonds. The van der Waals surface area contributed by atoms with Crippen LogP contribution in [-0.4, -0.2) is 41.2 Å². The molecule has 5 nitrogen and oxygen atoms in total. The minimum Gasteiger partial charge on any atom is -0.338 e. The molecule has 0 bridgehead atoms. The molecular formula is C24H26BrN3O2. The number of carbonyl (C=O) groups is 2. The van der Waals surface area contributed by atoms with Crippen LogP contribution in [0.15, 0.2) is 58.0 Å². The van der Waals surface area contributed by atoms with E-state index in [2.05, 4.69) is 42.0 Å². The zero-order chi connectivity index (χ0) is 21.5. The average molecular weight is 468 g/mol. The molecule has 156 valence electrons. The molecule has 2 aliphatic heterocycles. The van der Waals surface area contributed by atoms with Crippen LogP contribution in [0.2, 0.25) is 0 Å². The first-order chi connectivity index (χ1) is 14.2. The van der Waals surface area contributed by atoms with Crippen LogP contribution in [0.1, 0.15) is 55.1 Å². The van der Waals surface area contributed by atoms with Gasteiger partial charge in [-0.15, -0.1) is 0 Å². The minimum absolute atomic E-state index is 0.0340. The van der Waals surface area contributed by atoms with Crippen LogP contribution >= 0.6 is 15.9 Å². The van der Waals surface area contributed by atoms with Crippen LogP contribution in [0.25, 0.3) is 0 Å². The van der Waals surface area contributed by atoms with Gasteiger partial charge in [0, 0.05) is 41.5 Å². The molecule has 2 aromatic rings. The summed E-state index contributed by atoms with van der Waals surface area (Å²) >= 11 is 3.41. The van der Waals surface area contributed by atoms with Gasteiger partial charge in [0.25, 0.3) is 11.8 Å². The smallest absolute Gasteiger partial charge is 0.272 e. The summed E-state index contributed by atoms with van der Waals surface area (Å²) in [5, 5.41) is 3.06. The molecule has 1 N–H and O–H groups in total. The van der Waals surface area contributed by atoms with Crippen LogP contribution < -0.4 is 5.32 Å². The molecule has 1 saturated heterocycles. The van der Waals surface area contributed by atoms with Gasteiger partial charge >= 0.3 is 0 Å². The van der Waals surface area contributed by atoms with Crippen molar-refractivity contribution in [3.8, 4) is 0 Å². The second-order valence-electron chi connectivity index (χ2n) is 9.07. The second kappa shape index (κ2) is 7.65. The Balaban J connectivity index is 1.45. The molecule has 0 aromatic heterocycles. The van der Waals surface area contributed by atoms with Gasteiger partial charge < -0.3 is 10.2 Å². The Kier molecular flexibility index (Phi) is 5.30. The third kappa shape index (κ3) is 4.06. The Morgan fingerprint density at radius 2 is 1.63 bits per heavy atom. The van der Waals surface area contributed by atoms with Crippen molar-refractivity contribution in [2.24, 2.45) is 4.99 Å².